The Morgan fingerprint density at radius 1 is 1.47 bits per heavy atom. The van der Waals surface area contributed by atoms with Gasteiger partial charge in [-0.25, -0.2) is 9.78 Å². The summed E-state index contributed by atoms with van der Waals surface area (Å²) in [6, 6.07) is 6.86. The number of carbonyl (C=O) groups excluding carboxylic acids is 1. The van der Waals surface area contributed by atoms with Gasteiger partial charge < -0.3 is 21.4 Å². The summed E-state index contributed by atoms with van der Waals surface area (Å²) in [6.45, 7) is 0.613. The summed E-state index contributed by atoms with van der Waals surface area (Å²) in [5.41, 5.74) is 6.74. The minimum atomic E-state index is -0.568. The number of nitrogens with one attached hydrogen (secondary N) is 3. The maximum atomic E-state index is 10.7. The van der Waals surface area contributed by atoms with Crippen LogP contribution in [-0.4, -0.2) is 16.0 Å². The number of carbonyl (C=O) groups is 1. The maximum absolute atomic E-state index is 10.7. The molecule has 6 heteroatoms. The lowest BCUT2D eigenvalue weighted by atomic mass is 10.2. The number of amides is 2. The summed E-state index contributed by atoms with van der Waals surface area (Å²) in [5, 5.41) is 5.64. The monoisotopic (exact) mass is 231 g/mol. The molecule has 2 rings (SSSR count). The van der Waals surface area contributed by atoms with Crippen molar-refractivity contribution < 1.29 is 4.79 Å². The van der Waals surface area contributed by atoms with Gasteiger partial charge in [0.25, 0.3) is 0 Å². The first-order valence-corrected chi connectivity index (χ1v) is 5.13. The number of primary amides is 1. The number of aromatic amines is 1. The fourth-order valence-electron chi connectivity index (χ4n) is 1.45. The first-order valence-electron chi connectivity index (χ1n) is 5.13. The molecular formula is C11H13N5O. The van der Waals surface area contributed by atoms with Crippen LogP contribution in [0, 0.1) is 0 Å². The second-order valence-corrected chi connectivity index (χ2v) is 3.48. The van der Waals surface area contributed by atoms with E-state index in [1.165, 1.54) is 0 Å². The van der Waals surface area contributed by atoms with Crippen LogP contribution in [0.2, 0.25) is 0 Å². The SMILES string of the molecule is NC(=O)Nc1cccc(CNc2ncc[nH]2)c1. The Morgan fingerprint density at radius 2 is 2.35 bits per heavy atom. The standard InChI is InChI=1S/C11H13N5O/c12-10(17)16-9-3-1-2-8(6-9)7-15-11-13-4-5-14-11/h1-6H,7H2,(H3,12,16,17)(H2,13,14,15). The van der Waals surface area contributed by atoms with E-state index in [0.29, 0.717) is 18.2 Å². The topological polar surface area (TPSA) is 95.8 Å². The summed E-state index contributed by atoms with van der Waals surface area (Å²) in [7, 11) is 0. The van der Waals surface area contributed by atoms with Crippen molar-refractivity contribution in [3.63, 3.8) is 0 Å². The smallest absolute Gasteiger partial charge is 0.316 e. The van der Waals surface area contributed by atoms with E-state index in [2.05, 4.69) is 20.6 Å². The Hall–Kier alpha value is -2.50. The summed E-state index contributed by atoms with van der Waals surface area (Å²) in [5.74, 6) is 0.707. The molecule has 1 aromatic heterocycles. The molecule has 0 spiro atoms. The van der Waals surface area contributed by atoms with Crippen LogP contribution in [-0.2, 0) is 6.54 Å². The van der Waals surface area contributed by atoms with E-state index < -0.39 is 6.03 Å². The highest BCUT2D eigenvalue weighted by Gasteiger charge is 1.99. The minimum Gasteiger partial charge on any atom is -0.352 e. The highest BCUT2D eigenvalue weighted by molar-refractivity contribution is 5.87. The predicted octanol–water partition coefficient (Wildman–Crippen LogP) is 1.51. The van der Waals surface area contributed by atoms with Crippen LogP contribution in [0.5, 0.6) is 0 Å². The van der Waals surface area contributed by atoms with Gasteiger partial charge in [0.15, 0.2) is 5.95 Å². The van der Waals surface area contributed by atoms with E-state index in [1.807, 2.05) is 18.2 Å². The van der Waals surface area contributed by atoms with E-state index in [9.17, 15) is 4.79 Å². The fourth-order valence-corrected chi connectivity index (χ4v) is 1.45. The van der Waals surface area contributed by atoms with Crippen molar-refractivity contribution >= 4 is 17.7 Å². The molecule has 0 saturated carbocycles. The van der Waals surface area contributed by atoms with Gasteiger partial charge in [-0.2, -0.15) is 0 Å². The molecule has 0 radical (unpaired) electrons. The third kappa shape index (κ3) is 3.23. The number of H-pyrrole nitrogens is 1. The number of hydrogen-bond donors (Lipinski definition) is 4. The molecular weight excluding hydrogens is 218 g/mol. The molecule has 0 aliphatic rings. The van der Waals surface area contributed by atoms with Crippen molar-refractivity contribution in [3.8, 4) is 0 Å². The van der Waals surface area contributed by atoms with E-state index in [4.69, 9.17) is 5.73 Å². The Kier molecular flexibility index (Phi) is 3.25. The van der Waals surface area contributed by atoms with Crippen molar-refractivity contribution in [1.82, 2.24) is 9.97 Å². The number of imidazole rings is 1. The number of nitrogens with two attached hydrogens (primary N) is 1. The molecule has 0 aliphatic carbocycles. The molecule has 88 valence electrons. The van der Waals surface area contributed by atoms with Crippen molar-refractivity contribution in [1.29, 1.82) is 0 Å². The van der Waals surface area contributed by atoms with Gasteiger partial charge in [0.2, 0.25) is 0 Å². The molecule has 0 unspecified atom stereocenters. The lowest BCUT2D eigenvalue weighted by Crippen LogP contribution is -2.19. The van der Waals surface area contributed by atoms with Crippen LogP contribution >= 0.6 is 0 Å². The van der Waals surface area contributed by atoms with Gasteiger partial charge in [-0.05, 0) is 17.7 Å². The molecule has 1 aromatic carbocycles. The summed E-state index contributed by atoms with van der Waals surface area (Å²) in [4.78, 5) is 17.7. The Bertz CT molecular complexity index is 494. The fraction of sp³-hybridized carbons (Fsp3) is 0.0909. The summed E-state index contributed by atoms with van der Waals surface area (Å²) in [6.07, 6.45) is 3.42. The maximum Gasteiger partial charge on any atom is 0.316 e. The average Bonchev–Trinajstić information content (AvgIpc) is 2.79. The highest BCUT2D eigenvalue weighted by atomic mass is 16.2. The zero-order valence-electron chi connectivity index (χ0n) is 9.10. The molecule has 0 fully saturated rings. The van der Waals surface area contributed by atoms with Crippen molar-refractivity contribution in [3.05, 3.63) is 42.2 Å². The second-order valence-electron chi connectivity index (χ2n) is 3.48. The molecule has 6 nitrogen and oxygen atoms in total. The third-order valence-electron chi connectivity index (χ3n) is 2.15. The molecule has 1 heterocycles. The highest BCUT2D eigenvalue weighted by Crippen LogP contribution is 2.11. The second kappa shape index (κ2) is 5.02. The zero-order chi connectivity index (χ0) is 12.1. The zero-order valence-corrected chi connectivity index (χ0v) is 9.10. The molecule has 17 heavy (non-hydrogen) atoms. The summed E-state index contributed by atoms with van der Waals surface area (Å²) < 4.78 is 0. The van der Waals surface area contributed by atoms with Crippen LogP contribution in [0.4, 0.5) is 16.4 Å². The van der Waals surface area contributed by atoms with Crippen LogP contribution in [0.15, 0.2) is 36.7 Å². The number of nitrogens with zero attached hydrogens (tertiary/aromatic N) is 1. The first kappa shape index (κ1) is 11.0. The van der Waals surface area contributed by atoms with Gasteiger partial charge in [0, 0.05) is 24.6 Å². The molecule has 5 N–H and O–H groups in total. The Morgan fingerprint density at radius 3 is 3.06 bits per heavy atom. The van der Waals surface area contributed by atoms with Gasteiger partial charge in [0.1, 0.15) is 0 Å². The molecule has 0 saturated heterocycles. The van der Waals surface area contributed by atoms with Crippen LogP contribution < -0.4 is 16.4 Å². The number of aromatic nitrogens is 2. The molecule has 2 aromatic rings. The predicted molar refractivity (Wildman–Crippen MR) is 65.6 cm³/mol. The van der Waals surface area contributed by atoms with E-state index in [-0.39, 0.29) is 0 Å². The number of urea groups is 1. The molecule has 0 bridgehead atoms. The van der Waals surface area contributed by atoms with E-state index in [0.717, 1.165) is 5.56 Å². The van der Waals surface area contributed by atoms with Gasteiger partial charge >= 0.3 is 6.03 Å². The Labute approximate surface area is 98.2 Å². The summed E-state index contributed by atoms with van der Waals surface area (Å²) >= 11 is 0. The Balaban J connectivity index is 1.98. The van der Waals surface area contributed by atoms with Gasteiger partial charge in [0.05, 0.1) is 0 Å². The molecule has 2 amide bonds. The van der Waals surface area contributed by atoms with Gasteiger partial charge in [-0.1, -0.05) is 12.1 Å². The lowest BCUT2D eigenvalue weighted by molar-refractivity contribution is 0.259. The van der Waals surface area contributed by atoms with Crippen molar-refractivity contribution in [2.24, 2.45) is 5.73 Å². The van der Waals surface area contributed by atoms with Gasteiger partial charge in [-0.3, -0.25) is 0 Å². The van der Waals surface area contributed by atoms with E-state index in [1.54, 1.807) is 18.5 Å². The minimum absolute atomic E-state index is 0.568. The van der Waals surface area contributed by atoms with Gasteiger partial charge in [-0.15, -0.1) is 0 Å². The normalized spacial score (nSPS) is 9.88. The first-order chi connectivity index (χ1) is 8.24. The van der Waals surface area contributed by atoms with Crippen molar-refractivity contribution in [2.45, 2.75) is 6.54 Å². The van der Waals surface area contributed by atoms with Crippen LogP contribution in [0.25, 0.3) is 0 Å². The van der Waals surface area contributed by atoms with Crippen LogP contribution in [0.1, 0.15) is 5.56 Å². The number of rotatable bonds is 4. The van der Waals surface area contributed by atoms with Crippen LogP contribution in [0.3, 0.4) is 0 Å². The largest absolute Gasteiger partial charge is 0.352 e. The molecule has 0 atom stereocenters. The average molecular weight is 231 g/mol. The number of hydrogen-bond acceptors (Lipinski definition) is 3. The van der Waals surface area contributed by atoms with E-state index >= 15 is 0 Å². The van der Waals surface area contributed by atoms with Crippen molar-refractivity contribution in [2.75, 3.05) is 10.6 Å². The third-order valence-corrected chi connectivity index (χ3v) is 2.15. The quantitative estimate of drug-likeness (QED) is 0.642. The lowest BCUT2D eigenvalue weighted by Gasteiger charge is -2.06. The molecule has 0 aliphatic heterocycles. The number of anilines is 2. The number of benzene rings is 1.